The normalized spacial score (nSPS) is 14.4. The Balaban J connectivity index is 1.27. The predicted octanol–water partition coefficient (Wildman–Crippen LogP) is 3.20. The quantitative estimate of drug-likeness (QED) is 0.425. The third kappa shape index (κ3) is 4.73. The number of ether oxygens (including phenoxy) is 1. The summed E-state index contributed by atoms with van der Waals surface area (Å²) < 4.78 is 10.3. The molecule has 4 aromatic rings. The van der Waals surface area contributed by atoms with E-state index in [1.165, 1.54) is 6.07 Å². The standard InChI is InChI=1S/C25H25N5O5/c1-2-34-25(33)26-17-7-8-18-16(13-22(31)35-21(18)14-17)15-29-9-11-30(12-10-29)24(32)23-19-5-3-4-6-20(19)27-28-23/h3-8,13-14H,2,9-12,15H2,1H3,(H,26,33)(H,27,28). The van der Waals surface area contributed by atoms with E-state index < -0.39 is 11.7 Å². The van der Waals surface area contributed by atoms with E-state index in [4.69, 9.17) is 9.15 Å². The highest BCUT2D eigenvalue weighted by molar-refractivity contribution is 6.04. The zero-order valence-electron chi connectivity index (χ0n) is 19.2. The molecular formula is C25H25N5O5. The summed E-state index contributed by atoms with van der Waals surface area (Å²) in [5.74, 6) is -0.0884. The highest BCUT2D eigenvalue weighted by Crippen LogP contribution is 2.24. The molecule has 0 unspecified atom stereocenters. The first-order valence-electron chi connectivity index (χ1n) is 11.5. The molecule has 35 heavy (non-hydrogen) atoms. The van der Waals surface area contributed by atoms with Crippen LogP contribution in [0, 0.1) is 0 Å². The van der Waals surface area contributed by atoms with Crippen LogP contribution in [0.1, 0.15) is 23.0 Å². The van der Waals surface area contributed by atoms with Gasteiger partial charge in [0.2, 0.25) is 0 Å². The number of para-hydroxylation sites is 1. The first-order valence-corrected chi connectivity index (χ1v) is 11.5. The number of carbonyl (C=O) groups excluding carboxylic acids is 2. The van der Waals surface area contributed by atoms with Crippen molar-refractivity contribution < 1.29 is 18.7 Å². The Morgan fingerprint density at radius 2 is 1.89 bits per heavy atom. The lowest BCUT2D eigenvalue weighted by molar-refractivity contribution is 0.0625. The molecule has 1 aliphatic rings. The maximum absolute atomic E-state index is 13.0. The van der Waals surface area contributed by atoms with Gasteiger partial charge in [-0.3, -0.25) is 20.1 Å². The molecule has 1 fully saturated rings. The molecule has 2 N–H and O–H groups in total. The fourth-order valence-corrected chi connectivity index (χ4v) is 4.35. The molecule has 0 atom stereocenters. The van der Waals surface area contributed by atoms with Crippen LogP contribution in [-0.4, -0.2) is 64.8 Å². The number of aromatic nitrogens is 2. The molecule has 3 heterocycles. The summed E-state index contributed by atoms with van der Waals surface area (Å²) in [5, 5.41) is 11.4. The third-order valence-electron chi connectivity index (χ3n) is 6.08. The summed E-state index contributed by atoms with van der Waals surface area (Å²) in [5.41, 5.74) is 2.52. The molecule has 0 saturated carbocycles. The van der Waals surface area contributed by atoms with Crippen molar-refractivity contribution in [1.82, 2.24) is 20.0 Å². The smallest absolute Gasteiger partial charge is 0.411 e. The van der Waals surface area contributed by atoms with Gasteiger partial charge < -0.3 is 14.1 Å². The summed E-state index contributed by atoms with van der Waals surface area (Å²) >= 11 is 0. The van der Waals surface area contributed by atoms with Crippen LogP contribution >= 0.6 is 0 Å². The van der Waals surface area contributed by atoms with Crippen molar-refractivity contribution in [2.75, 3.05) is 38.1 Å². The number of carbonyl (C=O) groups is 2. The molecule has 2 aromatic carbocycles. The average molecular weight is 476 g/mol. The topological polar surface area (TPSA) is 121 Å². The Morgan fingerprint density at radius 1 is 1.09 bits per heavy atom. The first-order chi connectivity index (χ1) is 17.0. The van der Waals surface area contributed by atoms with E-state index in [0.717, 1.165) is 21.9 Å². The minimum Gasteiger partial charge on any atom is -0.450 e. The average Bonchev–Trinajstić information content (AvgIpc) is 3.28. The van der Waals surface area contributed by atoms with Crippen molar-refractivity contribution in [1.29, 1.82) is 0 Å². The van der Waals surface area contributed by atoms with Gasteiger partial charge in [-0.1, -0.05) is 18.2 Å². The molecule has 5 rings (SSSR count). The van der Waals surface area contributed by atoms with Gasteiger partial charge in [0.15, 0.2) is 5.69 Å². The summed E-state index contributed by atoms with van der Waals surface area (Å²) in [7, 11) is 0. The van der Waals surface area contributed by atoms with Crippen molar-refractivity contribution in [2.24, 2.45) is 0 Å². The number of hydrogen-bond donors (Lipinski definition) is 2. The predicted molar refractivity (Wildman–Crippen MR) is 130 cm³/mol. The van der Waals surface area contributed by atoms with Gasteiger partial charge in [0, 0.05) is 61.3 Å². The Kier molecular flexibility index (Phi) is 6.19. The van der Waals surface area contributed by atoms with Crippen LogP contribution in [0.15, 0.2) is 57.7 Å². The molecular weight excluding hydrogens is 450 g/mol. The van der Waals surface area contributed by atoms with Gasteiger partial charge in [0.05, 0.1) is 12.1 Å². The van der Waals surface area contributed by atoms with Gasteiger partial charge >= 0.3 is 11.7 Å². The number of rotatable bonds is 5. The summed E-state index contributed by atoms with van der Waals surface area (Å²) in [6.07, 6.45) is -0.569. The highest BCUT2D eigenvalue weighted by Gasteiger charge is 2.25. The lowest BCUT2D eigenvalue weighted by Gasteiger charge is -2.34. The number of amides is 2. The van der Waals surface area contributed by atoms with Crippen LogP contribution in [0.2, 0.25) is 0 Å². The van der Waals surface area contributed by atoms with Crippen molar-refractivity contribution in [3.63, 3.8) is 0 Å². The van der Waals surface area contributed by atoms with E-state index in [1.807, 2.05) is 35.2 Å². The lowest BCUT2D eigenvalue weighted by atomic mass is 10.1. The Morgan fingerprint density at radius 3 is 2.69 bits per heavy atom. The summed E-state index contributed by atoms with van der Waals surface area (Å²) in [6.45, 7) is 4.98. The number of nitrogens with one attached hydrogen (secondary N) is 2. The van der Waals surface area contributed by atoms with Crippen LogP contribution in [0.5, 0.6) is 0 Å². The second kappa shape index (κ2) is 9.59. The molecule has 0 bridgehead atoms. The van der Waals surface area contributed by atoms with Crippen molar-refractivity contribution in [2.45, 2.75) is 13.5 Å². The van der Waals surface area contributed by atoms with Crippen LogP contribution in [-0.2, 0) is 11.3 Å². The van der Waals surface area contributed by atoms with Gasteiger partial charge in [-0.15, -0.1) is 0 Å². The zero-order chi connectivity index (χ0) is 24.4. The summed E-state index contributed by atoms with van der Waals surface area (Å²) in [4.78, 5) is 40.9. The Hall–Kier alpha value is -4.18. The second-order valence-corrected chi connectivity index (χ2v) is 8.33. The van der Waals surface area contributed by atoms with Crippen LogP contribution in [0.4, 0.5) is 10.5 Å². The van der Waals surface area contributed by atoms with E-state index in [1.54, 1.807) is 19.1 Å². The molecule has 2 amide bonds. The Bertz CT molecular complexity index is 1450. The number of piperazine rings is 1. The molecule has 10 nitrogen and oxygen atoms in total. The number of fused-ring (bicyclic) bond motifs is 2. The maximum atomic E-state index is 13.0. The van der Waals surface area contributed by atoms with Crippen LogP contribution < -0.4 is 10.9 Å². The minimum atomic E-state index is -0.569. The van der Waals surface area contributed by atoms with Crippen LogP contribution in [0.3, 0.4) is 0 Å². The zero-order valence-corrected chi connectivity index (χ0v) is 19.2. The number of benzene rings is 2. The molecule has 10 heteroatoms. The van der Waals surface area contributed by atoms with Crippen molar-refractivity contribution >= 4 is 39.6 Å². The number of anilines is 1. The Labute approximate surface area is 200 Å². The fourth-order valence-electron chi connectivity index (χ4n) is 4.35. The molecule has 0 spiro atoms. The van der Waals surface area contributed by atoms with E-state index in [-0.39, 0.29) is 12.5 Å². The molecule has 0 radical (unpaired) electrons. The summed E-state index contributed by atoms with van der Waals surface area (Å²) in [6, 6.07) is 14.2. The lowest BCUT2D eigenvalue weighted by Crippen LogP contribution is -2.48. The number of hydrogen-bond acceptors (Lipinski definition) is 7. The van der Waals surface area contributed by atoms with Crippen molar-refractivity contribution in [3.8, 4) is 0 Å². The third-order valence-corrected chi connectivity index (χ3v) is 6.08. The number of aromatic amines is 1. The molecule has 180 valence electrons. The van der Waals surface area contributed by atoms with E-state index in [0.29, 0.717) is 49.7 Å². The SMILES string of the molecule is CCOC(=O)Nc1ccc2c(CN3CCN(C(=O)c4n[nH]c5ccccc45)CC3)cc(=O)oc2c1. The van der Waals surface area contributed by atoms with Crippen molar-refractivity contribution in [3.05, 3.63) is 70.2 Å². The van der Waals surface area contributed by atoms with Gasteiger partial charge in [-0.05, 0) is 30.7 Å². The van der Waals surface area contributed by atoms with Crippen LogP contribution in [0.25, 0.3) is 21.9 Å². The fraction of sp³-hybridized carbons (Fsp3) is 0.280. The molecule has 2 aromatic heterocycles. The molecule has 1 saturated heterocycles. The van der Waals surface area contributed by atoms with Gasteiger partial charge in [0.25, 0.3) is 5.91 Å². The van der Waals surface area contributed by atoms with Gasteiger partial charge in [0.1, 0.15) is 5.58 Å². The molecule has 1 aliphatic heterocycles. The molecule has 0 aliphatic carbocycles. The minimum absolute atomic E-state index is 0.0884. The van der Waals surface area contributed by atoms with E-state index in [2.05, 4.69) is 20.4 Å². The van der Waals surface area contributed by atoms with Gasteiger partial charge in [-0.25, -0.2) is 9.59 Å². The monoisotopic (exact) mass is 475 g/mol. The van der Waals surface area contributed by atoms with E-state index >= 15 is 0 Å². The second-order valence-electron chi connectivity index (χ2n) is 8.33. The van der Waals surface area contributed by atoms with Gasteiger partial charge in [-0.2, -0.15) is 5.10 Å². The largest absolute Gasteiger partial charge is 0.450 e. The highest BCUT2D eigenvalue weighted by atomic mass is 16.5. The first kappa shape index (κ1) is 22.6. The maximum Gasteiger partial charge on any atom is 0.411 e. The van der Waals surface area contributed by atoms with E-state index in [9.17, 15) is 14.4 Å². The number of H-pyrrole nitrogens is 1. The number of nitrogens with zero attached hydrogens (tertiary/aromatic N) is 3.